The van der Waals surface area contributed by atoms with Crippen molar-refractivity contribution in [1.29, 1.82) is 0 Å². The van der Waals surface area contributed by atoms with Crippen LogP contribution in [0.1, 0.15) is 47.6 Å². The molecule has 172 valence electrons. The Morgan fingerprint density at radius 1 is 1.21 bits per heavy atom. The standard InChI is InChI=1S/C25H27BrN4O2S/c1-16-14-20(17(2)30(16)19-9-6-8-18(26)15-19)24-23(21-10-4-5-12-27-21)28-25(33)29(24)13-7-11-22(31)32-3/h4-6,8-10,12,14-15,23-24H,7,11,13H2,1-3H3,(H,28,33)/t23-,24+/m1/s1. The molecule has 1 fully saturated rings. The van der Waals surface area contributed by atoms with E-state index in [2.05, 4.69) is 67.7 Å². The van der Waals surface area contributed by atoms with Crippen LogP contribution < -0.4 is 5.32 Å². The third kappa shape index (κ3) is 4.82. The minimum atomic E-state index is -0.210. The van der Waals surface area contributed by atoms with E-state index in [0.29, 0.717) is 24.5 Å². The Hall–Kier alpha value is -2.71. The number of benzene rings is 1. The number of carbonyl (C=O) groups is 1. The first-order valence-corrected chi connectivity index (χ1v) is 12.1. The van der Waals surface area contributed by atoms with Crippen LogP contribution in [0.5, 0.6) is 0 Å². The molecular weight excluding hydrogens is 500 g/mol. The molecule has 0 unspecified atom stereocenters. The van der Waals surface area contributed by atoms with Crippen LogP contribution in [0.15, 0.2) is 59.2 Å². The number of aromatic nitrogens is 2. The quantitative estimate of drug-likeness (QED) is 0.338. The number of pyridine rings is 1. The highest BCUT2D eigenvalue weighted by Gasteiger charge is 2.41. The molecule has 0 aliphatic carbocycles. The number of esters is 1. The lowest BCUT2D eigenvalue weighted by atomic mass is 9.96. The predicted octanol–water partition coefficient (Wildman–Crippen LogP) is 5.18. The number of rotatable bonds is 7. The molecule has 1 aromatic carbocycles. The molecule has 1 N–H and O–H groups in total. The monoisotopic (exact) mass is 526 g/mol. The summed E-state index contributed by atoms with van der Waals surface area (Å²) in [6.45, 7) is 4.91. The molecule has 33 heavy (non-hydrogen) atoms. The summed E-state index contributed by atoms with van der Waals surface area (Å²) in [7, 11) is 1.42. The molecule has 0 radical (unpaired) electrons. The van der Waals surface area contributed by atoms with Crippen molar-refractivity contribution in [2.24, 2.45) is 0 Å². The summed E-state index contributed by atoms with van der Waals surface area (Å²) >= 11 is 9.34. The smallest absolute Gasteiger partial charge is 0.305 e. The van der Waals surface area contributed by atoms with Crippen molar-refractivity contribution in [3.05, 3.63) is 81.8 Å². The molecule has 2 aromatic heterocycles. The molecule has 4 rings (SSSR count). The van der Waals surface area contributed by atoms with Gasteiger partial charge in [-0.25, -0.2) is 0 Å². The normalized spacial score (nSPS) is 17.8. The molecule has 0 saturated carbocycles. The highest BCUT2D eigenvalue weighted by Crippen LogP contribution is 2.41. The van der Waals surface area contributed by atoms with Gasteiger partial charge >= 0.3 is 5.97 Å². The maximum atomic E-state index is 11.7. The summed E-state index contributed by atoms with van der Waals surface area (Å²) in [4.78, 5) is 18.5. The van der Waals surface area contributed by atoms with E-state index in [1.165, 1.54) is 12.7 Å². The Balaban J connectivity index is 1.75. The lowest BCUT2D eigenvalue weighted by Crippen LogP contribution is -2.31. The maximum Gasteiger partial charge on any atom is 0.305 e. The number of halogens is 1. The highest BCUT2D eigenvalue weighted by atomic mass is 79.9. The molecule has 6 nitrogen and oxygen atoms in total. The van der Waals surface area contributed by atoms with E-state index < -0.39 is 0 Å². The molecule has 8 heteroatoms. The van der Waals surface area contributed by atoms with Gasteiger partial charge in [-0.2, -0.15) is 0 Å². The van der Waals surface area contributed by atoms with Crippen LogP contribution in [0.3, 0.4) is 0 Å². The van der Waals surface area contributed by atoms with Crippen LogP contribution in [0.2, 0.25) is 0 Å². The topological polar surface area (TPSA) is 59.4 Å². The second kappa shape index (κ2) is 10.1. The van der Waals surface area contributed by atoms with Crippen molar-refractivity contribution in [1.82, 2.24) is 19.8 Å². The summed E-state index contributed by atoms with van der Waals surface area (Å²) in [6.07, 6.45) is 2.82. The Morgan fingerprint density at radius 2 is 2.03 bits per heavy atom. The highest BCUT2D eigenvalue weighted by molar-refractivity contribution is 9.10. The number of hydrogen-bond donors (Lipinski definition) is 1. The van der Waals surface area contributed by atoms with Crippen molar-refractivity contribution in [3.8, 4) is 5.69 Å². The van der Waals surface area contributed by atoms with Crippen molar-refractivity contribution in [2.45, 2.75) is 38.8 Å². The maximum absolute atomic E-state index is 11.7. The summed E-state index contributed by atoms with van der Waals surface area (Å²) in [5, 5.41) is 4.16. The molecular formula is C25H27BrN4O2S. The first kappa shape index (κ1) is 23.4. The van der Waals surface area contributed by atoms with Crippen LogP contribution in [0.4, 0.5) is 0 Å². The number of methoxy groups -OCH3 is 1. The molecule has 1 aliphatic rings. The third-order valence-corrected chi connectivity index (χ3v) is 6.91. The second-order valence-electron chi connectivity index (χ2n) is 8.14. The van der Waals surface area contributed by atoms with Gasteiger partial charge in [-0.05, 0) is 74.4 Å². The molecule has 3 heterocycles. The molecule has 3 aromatic rings. The Labute approximate surface area is 208 Å². The van der Waals surface area contributed by atoms with Crippen molar-refractivity contribution >= 4 is 39.2 Å². The van der Waals surface area contributed by atoms with Gasteiger partial charge in [0.25, 0.3) is 0 Å². The van der Waals surface area contributed by atoms with Gasteiger partial charge in [-0.15, -0.1) is 0 Å². The predicted molar refractivity (Wildman–Crippen MR) is 136 cm³/mol. The van der Waals surface area contributed by atoms with Gasteiger partial charge < -0.3 is 19.5 Å². The van der Waals surface area contributed by atoms with Crippen LogP contribution in [0.25, 0.3) is 5.69 Å². The van der Waals surface area contributed by atoms with Crippen molar-refractivity contribution < 1.29 is 9.53 Å². The number of hydrogen-bond acceptors (Lipinski definition) is 4. The van der Waals surface area contributed by atoms with Crippen LogP contribution in [-0.2, 0) is 9.53 Å². The molecule has 1 saturated heterocycles. The first-order valence-electron chi connectivity index (χ1n) is 10.9. The molecule has 0 amide bonds. The van der Waals surface area contributed by atoms with Gasteiger partial charge in [0.1, 0.15) is 0 Å². The summed E-state index contributed by atoms with van der Waals surface area (Å²) in [5.74, 6) is -0.210. The molecule has 0 bridgehead atoms. The number of ether oxygens (including phenoxy) is 1. The SMILES string of the molecule is COC(=O)CCCN1C(=S)N[C@H](c2ccccn2)[C@@H]1c1cc(C)n(-c2cccc(Br)c2)c1C. The lowest BCUT2D eigenvalue weighted by Gasteiger charge is -2.28. The van der Waals surface area contributed by atoms with E-state index in [-0.39, 0.29) is 18.1 Å². The zero-order chi connectivity index (χ0) is 23.5. The number of thiocarbonyl (C=S) groups is 1. The van der Waals surface area contributed by atoms with E-state index in [1.807, 2.05) is 36.5 Å². The number of nitrogens with one attached hydrogen (secondary N) is 1. The fourth-order valence-electron chi connectivity index (χ4n) is 4.58. The van der Waals surface area contributed by atoms with Gasteiger partial charge in [-0.3, -0.25) is 9.78 Å². The number of carbonyl (C=O) groups excluding carboxylic acids is 1. The van der Waals surface area contributed by atoms with E-state index >= 15 is 0 Å². The fourth-order valence-corrected chi connectivity index (χ4v) is 5.30. The van der Waals surface area contributed by atoms with Crippen molar-refractivity contribution in [3.63, 3.8) is 0 Å². The van der Waals surface area contributed by atoms with Gasteiger partial charge in [0.15, 0.2) is 5.11 Å². The molecule has 0 spiro atoms. The largest absolute Gasteiger partial charge is 0.469 e. The van der Waals surface area contributed by atoms with Gasteiger partial charge in [0.2, 0.25) is 0 Å². The fraction of sp³-hybridized carbons (Fsp3) is 0.320. The lowest BCUT2D eigenvalue weighted by molar-refractivity contribution is -0.140. The summed E-state index contributed by atoms with van der Waals surface area (Å²) in [5.41, 5.74) is 5.53. The second-order valence-corrected chi connectivity index (χ2v) is 9.44. The zero-order valence-corrected chi connectivity index (χ0v) is 21.3. The first-order chi connectivity index (χ1) is 15.9. The molecule has 2 atom stereocenters. The summed E-state index contributed by atoms with van der Waals surface area (Å²) in [6, 6.07) is 16.3. The third-order valence-electron chi connectivity index (χ3n) is 6.06. The van der Waals surface area contributed by atoms with Gasteiger partial charge in [0.05, 0.1) is 24.9 Å². The Bertz CT molecular complexity index is 1160. The van der Waals surface area contributed by atoms with E-state index in [0.717, 1.165) is 27.2 Å². The summed E-state index contributed by atoms with van der Waals surface area (Å²) < 4.78 is 8.12. The Kier molecular flexibility index (Phi) is 7.14. The van der Waals surface area contributed by atoms with Crippen LogP contribution >= 0.6 is 28.1 Å². The van der Waals surface area contributed by atoms with Crippen LogP contribution in [0, 0.1) is 13.8 Å². The van der Waals surface area contributed by atoms with E-state index in [9.17, 15) is 4.79 Å². The Morgan fingerprint density at radius 3 is 2.73 bits per heavy atom. The minimum absolute atomic E-state index is 0.0443. The van der Waals surface area contributed by atoms with Gasteiger partial charge in [0, 0.05) is 40.7 Å². The number of nitrogens with zero attached hydrogens (tertiary/aromatic N) is 3. The average molecular weight is 527 g/mol. The van der Waals surface area contributed by atoms with E-state index in [4.69, 9.17) is 17.0 Å². The van der Waals surface area contributed by atoms with Crippen LogP contribution in [-0.4, -0.2) is 39.2 Å². The van der Waals surface area contributed by atoms with Crippen molar-refractivity contribution in [2.75, 3.05) is 13.7 Å². The molecule has 1 aliphatic heterocycles. The minimum Gasteiger partial charge on any atom is -0.469 e. The van der Waals surface area contributed by atoms with Gasteiger partial charge in [-0.1, -0.05) is 28.1 Å². The van der Waals surface area contributed by atoms with E-state index in [1.54, 1.807) is 0 Å². The average Bonchev–Trinajstić information content (AvgIpc) is 3.29. The zero-order valence-electron chi connectivity index (χ0n) is 18.9. The number of aryl methyl sites for hydroxylation is 1.